The maximum Gasteiger partial charge on any atom is 0.344 e. The number of esters is 1. The van der Waals surface area contributed by atoms with E-state index in [2.05, 4.69) is 19.1 Å². The molecule has 0 atom stereocenters. The van der Waals surface area contributed by atoms with Crippen LogP contribution in [0.25, 0.3) is 0 Å². The van der Waals surface area contributed by atoms with E-state index >= 15 is 0 Å². The Kier molecular flexibility index (Phi) is 5.25. The van der Waals surface area contributed by atoms with Crippen LogP contribution in [-0.4, -0.2) is 19.2 Å². The van der Waals surface area contributed by atoms with Gasteiger partial charge in [0, 0.05) is 0 Å². The van der Waals surface area contributed by atoms with Crippen LogP contribution < -0.4 is 4.74 Å². The molecule has 1 aromatic rings. The fourth-order valence-electron chi connectivity index (χ4n) is 2.31. The topological polar surface area (TPSA) is 35.5 Å². The minimum Gasteiger partial charge on any atom is -0.482 e. The molecule has 3 heteroatoms. The summed E-state index contributed by atoms with van der Waals surface area (Å²) in [5.74, 6) is 0.485. The molecule has 0 aromatic heterocycles. The first-order valence-corrected chi connectivity index (χ1v) is 7.20. The van der Waals surface area contributed by atoms with Crippen molar-refractivity contribution in [2.75, 3.05) is 13.2 Å². The Morgan fingerprint density at radius 1 is 1.21 bits per heavy atom. The predicted molar refractivity (Wildman–Crippen MR) is 74.4 cm³/mol. The largest absolute Gasteiger partial charge is 0.482 e. The minimum absolute atomic E-state index is 0.00248. The van der Waals surface area contributed by atoms with Gasteiger partial charge in [0.05, 0.1) is 6.61 Å². The molecule has 0 bridgehead atoms. The third-order valence-electron chi connectivity index (χ3n) is 3.44. The van der Waals surface area contributed by atoms with Gasteiger partial charge in [-0.15, -0.1) is 0 Å². The third kappa shape index (κ3) is 4.27. The van der Waals surface area contributed by atoms with E-state index in [1.807, 2.05) is 6.07 Å². The van der Waals surface area contributed by atoms with Crippen LogP contribution in [0.5, 0.6) is 5.75 Å². The van der Waals surface area contributed by atoms with Gasteiger partial charge < -0.3 is 9.47 Å². The summed E-state index contributed by atoms with van der Waals surface area (Å²) >= 11 is 0. The fourth-order valence-corrected chi connectivity index (χ4v) is 2.31. The molecule has 0 saturated heterocycles. The number of rotatable bonds is 6. The van der Waals surface area contributed by atoms with Gasteiger partial charge in [0.2, 0.25) is 0 Å². The molecule has 19 heavy (non-hydrogen) atoms. The number of carbonyl (C=O) groups excluding carboxylic acids is 1. The second kappa shape index (κ2) is 7.17. The van der Waals surface area contributed by atoms with Crippen LogP contribution in [0.4, 0.5) is 0 Å². The molecule has 0 aliphatic heterocycles. The van der Waals surface area contributed by atoms with Crippen molar-refractivity contribution in [2.45, 2.75) is 45.4 Å². The molecule has 2 rings (SSSR count). The molecule has 3 nitrogen and oxygen atoms in total. The molecule has 1 aliphatic rings. The molecule has 0 spiro atoms. The van der Waals surface area contributed by atoms with Crippen molar-refractivity contribution in [3.63, 3.8) is 0 Å². The number of fused-ring (bicyclic) bond motifs is 1. The zero-order valence-electron chi connectivity index (χ0n) is 11.6. The van der Waals surface area contributed by atoms with Gasteiger partial charge in [-0.05, 0) is 55.4 Å². The molecular weight excluding hydrogens is 240 g/mol. The summed E-state index contributed by atoms with van der Waals surface area (Å²) in [5, 5.41) is 0. The zero-order valence-corrected chi connectivity index (χ0v) is 11.6. The van der Waals surface area contributed by atoms with E-state index in [0.29, 0.717) is 6.61 Å². The van der Waals surface area contributed by atoms with Crippen LogP contribution in [0.2, 0.25) is 0 Å². The molecular formula is C16H22O3. The highest BCUT2D eigenvalue weighted by molar-refractivity contribution is 5.71. The van der Waals surface area contributed by atoms with Gasteiger partial charge in [0.1, 0.15) is 5.75 Å². The molecule has 0 N–H and O–H groups in total. The molecule has 0 amide bonds. The van der Waals surface area contributed by atoms with Crippen LogP contribution in [-0.2, 0) is 22.4 Å². The second-order valence-electron chi connectivity index (χ2n) is 5.00. The zero-order chi connectivity index (χ0) is 13.5. The third-order valence-corrected chi connectivity index (χ3v) is 3.44. The quantitative estimate of drug-likeness (QED) is 0.583. The Morgan fingerprint density at radius 2 is 2.00 bits per heavy atom. The van der Waals surface area contributed by atoms with Gasteiger partial charge in [-0.25, -0.2) is 4.79 Å². The highest BCUT2D eigenvalue weighted by Crippen LogP contribution is 2.25. The summed E-state index contributed by atoms with van der Waals surface area (Å²) in [6, 6.07) is 6.13. The summed E-state index contributed by atoms with van der Waals surface area (Å²) in [4.78, 5) is 11.4. The lowest BCUT2D eigenvalue weighted by atomic mass is 9.92. The Balaban J connectivity index is 1.81. The van der Waals surface area contributed by atoms with Crippen molar-refractivity contribution in [3.8, 4) is 5.75 Å². The van der Waals surface area contributed by atoms with Crippen molar-refractivity contribution in [1.82, 2.24) is 0 Å². The number of hydrogen-bond acceptors (Lipinski definition) is 3. The van der Waals surface area contributed by atoms with Gasteiger partial charge in [-0.3, -0.25) is 0 Å². The first kappa shape index (κ1) is 13.9. The van der Waals surface area contributed by atoms with Crippen LogP contribution in [0.15, 0.2) is 18.2 Å². The van der Waals surface area contributed by atoms with Crippen molar-refractivity contribution in [2.24, 2.45) is 0 Å². The lowest BCUT2D eigenvalue weighted by Gasteiger charge is -2.16. The van der Waals surface area contributed by atoms with Gasteiger partial charge in [-0.1, -0.05) is 19.4 Å². The SMILES string of the molecule is CCCCOC(=O)COc1ccc2c(c1)CCCC2. The summed E-state index contributed by atoms with van der Waals surface area (Å²) in [6.07, 6.45) is 6.73. The van der Waals surface area contributed by atoms with E-state index in [1.165, 1.54) is 24.0 Å². The number of unbranched alkanes of at least 4 members (excludes halogenated alkanes) is 1. The number of hydrogen-bond donors (Lipinski definition) is 0. The van der Waals surface area contributed by atoms with Crippen molar-refractivity contribution < 1.29 is 14.3 Å². The van der Waals surface area contributed by atoms with Gasteiger partial charge in [0.15, 0.2) is 6.61 Å². The van der Waals surface area contributed by atoms with Crippen LogP contribution in [0, 0.1) is 0 Å². The number of benzene rings is 1. The van der Waals surface area contributed by atoms with Crippen molar-refractivity contribution in [1.29, 1.82) is 0 Å². The lowest BCUT2D eigenvalue weighted by Crippen LogP contribution is -2.15. The normalized spacial score (nSPS) is 13.7. The standard InChI is InChI=1S/C16H22O3/c1-2-3-10-18-16(17)12-19-15-9-8-13-6-4-5-7-14(13)11-15/h8-9,11H,2-7,10,12H2,1H3. The van der Waals surface area contributed by atoms with Gasteiger partial charge in [0.25, 0.3) is 0 Å². The number of aryl methyl sites for hydroxylation is 2. The highest BCUT2D eigenvalue weighted by Gasteiger charge is 2.10. The Hall–Kier alpha value is -1.51. The van der Waals surface area contributed by atoms with Crippen LogP contribution >= 0.6 is 0 Å². The Labute approximate surface area is 114 Å². The average molecular weight is 262 g/mol. The minimum atomic E-state index is -0.286. The van der Waals surface area contributed by atoms with Crippen LogP contribution in [0.1, 0.15) is 43.7 Å². The van der Waals surface area contributed by atoms with E-state index in [0.717, 1.165) is 31.4 Å². The first-order chi connectivity index (χ1) is 9.29. The second-order valence-corrected chi connectivity index (χ2v) is 5.00. The first-order valence-electron chi connectivity index (χ1n) is 7.20. The average Bonchev–Trinajstić information content (AvgIpc) is 2.45. The maximum absolute atomic E-state index is 11.4. The number of carbonyl (C=O) groups is 1. The monoisotopic (exact) mass is 262 g/mol. The molecule has 0 radical (unpaired) electrons. The lowest BCUT2D eigenvalue weighted by molar-refractivity contribution is -0.146. The summed E-state index contributed by atoms with van der Waals surface area (Å²) < 4.78 is 10.5. The smallest absolute Gasteiger partial charge is 0.344 e. The van der Waals surface area contributed by atoms with E-state index < -0.39 is 0 Å². The van der Waals surface area contributed by atoms with Crippen molar-refractivity contribution >= 4 is 5.97 Å². The van der Waals surface area contributed by atoms with E-state index in [1.54, 1.807) is 0 Å². The van der Waals surface area contributed by atoms with E-state index in [-0.39, 0.29) is 12.6 Å². The van der Waals surface area contributed by atoms with E-state index in [9.17, 15) is 4.79 Å². The molecule has 1 aliphatic carbocycles. The predicted octanol–water partition coefficient (Wildman–Crippen LogP) is 3.29. The molecule has 0 fully saturated rings. The highest BCUT2D eigenvalue weighted by atomic mass is 16.6. The Morgan fingerprint density at radius 3 is 2.79 bits per heavy atom. The summed E-state index contributed by atoms with van der Waals surface area (Å²) in [5.41, 5.74) is 2.78. The van der Waals surface area contributed by atoms with Crippen molar-refractivity contribution in [3.05, 3.63) is 29.3 Å². The molecule has 1 aromatic carbocycles. The fraction of sp³-hybridized carbons (Fsp3) is 0.562. The molecule has 0 heterocycles. The molecule has 104 valence electrons. The van der Waals surface area contributed by atoms with Gasteiger partial charge >= 0.3 is 5.97 Å². The number of ether oxygens (including phenoxy) is 2. The van der Waals surface area contributed by atoms with Gasteiger partial charge in [-0.2, -0.15) is 0 Å². The maximum atomic E-state index is 11.4. The molecule has 0 saturated carbocycles. The summed E-state index contributed by atoms with van der Waals surface area (Å²) in [6.45, 7) is 2.56. The van der Waals surface area contributed by atoms with Crippen LogP contribution in [0.3, 0.4) is 0 Å². The Bertz CT molecular complexity index is 426. The summed E-state index contributed by atoms with van der Waals surface area (Å²) in [7, 11) is 0. The molecule has 0 unspecified atom stereocenters. The van der Waals surface area contributed by atoms with E-state index in [4.69, 9.17) is 9.47 Å².